The van der Waals surface area contributed by atoms with Crippen LogP contribution in [-0.2, 0) is 9.53 Å². The summed E-state index contributed by atoms with van der Waals surface area (Å²) in [7, 11) is 0. The summed E-state index contributed by atoms with van der Waals surface area (Å²) in [5.41, 5.74) is 0. The van der Waals surface area contributed by atoms with Gasteiger partial charge in [-0.1, -0.05) is 12.7 Å². The van der Waals surface area contributed by atoms with Crippen LogP contribution in [-0.4, -0.2) is 30.3 Å². The van der Waals surface area contributed by atoms with Crippen LogP contribution >= 0.6 is 0 Å². The van der Waals surface area contributed by atoms with Crippen LogP contribution in [0, 0.1) is 11.8 Å². The molecule has 0 saturated heterocycles. The lowest BCUT2D eigenvalue weighted by molar-refractivity contribution is -0.146. The molecule has 84 valence electrons. The van der Waals surface area contributed by atoms with Gasteiger partial charge in [-0.25, -0.2) is 4.79 Å². The second-order valence-corrected chi connectivity index (χ2v) is 3.64. The molecule has 0 aromatic carbocycles. The third-order valence-corrected chi connectivity index (χ3v) is 2.45. The minimum atomic E-state index is -0.750. The Bertz CT molecular complexity index is 258. The first-order valence-electron chi connectivity index (χ1n) is 4.87. The molecule has 0 aliphatic heterocycles. The summed E-state index contributed by atoms with van der Waals surface area (Å²) < 4.78 is 4.70. The number of hydrogen-bond donors (Lipinski definition) is 2. The van der Waals surface area contributed by atoms with Gasteiger partial charge >= 0.3 is 12.1 Å². The van der Waals surface area contributed by atoms with E-state index in [0.29, 0.717) is 19.4 Å². The van der Waals surface area contributed by atoms with Gasteiger partial charge in [0.2, 0.25) is 0 Å². The molecule has 0 atom stereocenters. The van der Waals surface area contributed by atoms with E-state index in [1.54, 1.807) is 0 Å². The van der Waals surface area contributed by atoms with Crippen molar-refractivity contribution in [3.8, 4) is 0 Å². The lowest BCUT2D eigenvalue weighted by atomic mass is 9.75. The number of nitrogens with one attached hydrogen (secondary N) is 1. The van der Waals surface area contributed by atoms with Crippen molar-refractivity contribution in [3.05, 3.63) is 12.7 Å². The summed E-state index contributed by atoms with van der Waals surface area (Å²) in [4.78, 5) is 21.4. The number of carbonyl (C=O) groups is 2. The molecule has 0 spiro atoms. The molecule has 1 rings (SSSR count). The lowest BCUT2D eigenvalue weighted by Gasteiger charge is -2.32. The van der Waals surface area contributed by atoms with Gasteiger partial charge in [0.15, 0.2) is 0 Å². The van der Waals surface area contributed by atoms with E-state index in [4.69, 9.17) is 9.84 Å². The van der Waals surface area contributed by atoms with E-state index in [0.717, 1.165) is 0 Å². The second-order valence-electron chi connectivity index (χ2n) is 3.64. The van der Waals surface area contributed by atoms with Crippen LogP contribution in [0.4, 0.5) is 4.79 Å². The molecule has 0 aromatic heterocycles. The average molecular weight is 213 g/mol. The molecular formula is C10H15NO4. The van der Waals surface area contributed by atoms with E-state index in [2.05, 4.69) is 11.9 Å². The molecule has 1 aliphatic carbocycles. The molecular weight excluding hydrogens is 198 g/mol. The molecule has 5 heteroatoms. The molecule has 1 aliphatic rings. The predicted octanol–water partition coefficient (Wildman–Crippen LogP) is 1.01. The Hall–Kier alpha value is -1.52. The largest absolute Gasteiger partial charge is 0.481 e. The van der Waals surface area contributed by atoms with Gasteiger partial charge in [-0.15, -0.1) is 0 Å². The highest BCUT2D eigenvalue weighted by Crippen LogP contribution is 2.33. The maximum absolute atomic E-state index is 11.0. The number of carboxylic acids is 1. The quantitative estimate of drug-likeness (QED) is 0.668. The fourth-order valence-electron chi connectivity index (χ4n) is 1.52. The van der Waals surface area contributed by atoms with Crippen LogP contribution < -0.4 is 5.32 Å². The van der Waals surface area contributed by atoms with Gasteiger partial charge in [-0.05, 0) is 18.8 Å². The topological polar surface area (TPSA) is 75.6 Å². The van der Waals surface area contributed by atoms with Crippen LogP contribution in [0.2, 0.25) is 0 Å². The standard InChI is InChI=1S/C10H15NO4/c1-2-3-15-10(14)11-6-7-4-8(5-7)9(12)13/h2,7-8H,1,3-6H2,(H,11,14)(H,12,13). The summed E-state index contributed by atoms with van der Waals surface area (Å²) >= 11 is 0. The van der Waals surface area contributed by atoms with Crippen LogP contribution in [0.15, 0.2) is 12.7 Å². The fraction of sp³-hybridized carbons (Fsp3) is 0.600. The van der Waals surface area contributed by atoms with Crippen molar-refractivity contribution in [3.63, 3.8) is 0 Å². The minimum Gasteiger partial charge on any atom is -0.481 e. The molecule has 1 fully saturated rings. The highest BCUT2D eigenvalue weighted by molar-refractivity contribution is 5.71. The van der Waals surface area contributed by atoms with E-state index in [-0.39, 0.29) is 18.4 Å². The molecule has 0 aromatic rings. The SMILES string of the molecule is C=CCOC(=O)NCC1CC(C(=O)O)C1. The van der Waals surface area contributed by atoms with Crippen molar-refractivity contribution in [1.82, 2.24) is 5.32 Å². The number of rotatable bonds is 5. The van der Waals surface area contributed by atoms with E-state index in [9.17, 15) is 9.59 Å². The van der Waals surface area contributed by atoms with Crippen molar-refractivity contribution in [2.45, 2.75) is 12.8 Å². The molecule has 5 nitrogen and oxygen atoms in total. The molecule has 0 unspecified atom stereocenters. The smallest absolute Gasteiger partial charge is 0.407 e. The third-order valence-electron chi connectivity index (χ3n) is 2.45. The van der Waals surface area contributed by atoms with Gasteiger partial charge in [-0.3, -0.25) is 4.79 Å². The first-order chi connectivity index (χ1) is 7.13. The second kappa shape index (κ2) is 5.38. The van der Waals surface area contributed by atoms with E-state index < -0.39 is 12.1 Å². The van der Waals surface area contributed by atoms with Gasteiger partial charge in [0.05, 0.1) is 5.92 Å². The number of amides is 1. The third kappa shape index (κ3) is 3.61. The fourth-order valence-corrected chi connectivity index (χ4v) is 1.52. The van der Waals surface area contributed by atoms with E-state index in [1.807, 2.05) is 0 Å². The van der Waals surface area contributed by atoms with Crippen molar-refractivity contribution >= 4 is 12.1 Å². The minimum absolute atomic E-state index is 0.189. The molecule has 1 amide bonds. The van der Waals surface area contributed by atoms with Crippen LogP contribution in [0.25, 0.3) is 0 Å². The van der Waals surface area contributed by atoms with Gasteiger partial charge in [-0.2, -0.15) is 0 Å². The van der Waals surface area contributed by atoms with Gasteiger partial charge in [0.1, 0.15) is 6.61 Å². The summed E-state index contributed by atoms with van der Waals surface area (Å²) in [6, 6.07) is 0. The normalized spacial score (nSPS) is 23.7. The lowest BCUT2D eigenvalue weighted by Crippen LogP contribution is -2.39. The van der Waals surface area contributed by atoms with Crippen molar-refractivity contribution < 1.29 is 19.4 Å². The first-order valence-corrected chi connectivity index (χ1v) is 4.87. The average Bonchev–Trinajstić information content (AvgIpc) is 2.11. The Morgan fingerprint density at radius 1 is 1.53 bits per heavy atom. The maximum atomic E-state index is 11.0. The number of carboxylic acid groups (broad SMARTS) is 1. The molecule has 15 heavy (non-hydrogen) atoms. The number of carbonyl (C=O) groups excluding carboxylic acids is 1. The number of hydrogen-bond acceptors (Lipinski definition) is 3. The van der Waals surface area contributed by atoms with E-state index in [1.165, 1.54) is 6.08 Å². The first kappa shape index (κ1) is 11.6. The molecule has 0 bridgehead atoms. The van der Waals surface area contributed by atoms with Crippen molar-refractivity contribution in [2.24, 2.45) is 11.8 Å². The van der Waals surface area contributed by atoms with Crippen LogP contribution in [0.1, 0.15) is 12.8 Å². The molecule has 1 saturated carbocycles. The summed E-state index contributed by atoms with van der Waals surface area (Å²) in [5.74, 6) is -0.719. The van der Waals surface area contributed by atoms with Gasteiger partial charge in [0.25, 0.3) is 0 Å². The Kier molecular flexibility index (Phi) is 4.15. The zero-order valence-electron chi connectivity index (χ0n) is 8.44. The van der Waals surface area contributed by atoms with Crippen LogP contribution in [0.5, 0.6) is 0 Å². The number of aliphatic carboxylic acids is 1. The predicted molar refractivity (Wildman–Crippen MR) is 53.4 cm³/mol. The van der Waals surface area contributed by atoms with Gasteiger partial charge in [0, 0.05) is 6.54 Å². The Morgan fingerprint density at radius 2 is 2.20 bits per heavy atom. The number of alkyl carbamates (subject to hydrolysis) is 1. The van der Waals surface area contributed by atoms with Crippen molar-refractivity contribution in [2.75, 3.05) is 13.2 Å². The van der Waals surface area contributed by atoms with Gasteiger partial charge < -0.3 is 15.2 Å². The van der Waals surface area contributed by atoms with E-state index >= 15 is 0 Å². The summed E-state index contributed by atoms with van der Waals surface area (Å²) in [6.07, 6.45) is 2.28. The molecule has 0 radical (unpaired) electrons. The Morgan fingerprint density at radius 3 is 2.73 bits per heavy atom. The van der Waals surface area contributed by atoms with Crippen molar-refractivity contribution in [1.29, 1.82) is 0 Å². The maximum Gasteiger partial charge on any atom is 0.407 e. The Labute approximate surface area is 88.1 Å². The molecule has 2 N–H and O–H groups in total. The highest BCUT2D eigenvalue weighted by atomic mass is 16.5. The summed E-state index contributed by atoms with van der Waals surface area (Å²) in [5, 5.41) is 11.2. The monoisotopic (exact) mass is 213 g/mol. The zero-order valence-corrected chi connectivity index (χ0v) is 8.44. The van der Waals surface area contributed by atoms with Crippen LogP contribution in [0.3, 0.4) is 0 Å². The Balaban J connectivity index is 2.05. The number of ether oxygens (including phenoxy) is 1. The zero-order chi connectivity index (χ0) is 11.3. The highest BCUT2D eigenvalue weighted by Gasteiger charge is 2.34. The summed E-state index contributed by atoms with van der Waals surface area (Å²) in [6.45, 7) is 4.09. The molecule has 0 heterocycles.